The van der Waals surface area contributed by atoms with E-state index < -0.39 is 0 Å². The van der Waals surface area contributed by atoms with Gasteiger partial charge >= 0.3 is 0 Å². The van der Waals surface area contributed by atoms with Gasteiger partial charge in [-0.15, -0.1) is 0 Å². The summed E-state index contributed by atoms with van der Waals surface area (Å²) in [7, 11) is 0. The molecule has 0 spiro atoms. The zero-order valence-electron chi connectivity index (χ0n) is 18.1. The van der Waals surface area contributed by atoms with Crippen LogP contribution in [0.25, 0.3) is 0 Å². The predicted octanol–water partition coefficient (Wildman–Crippen LogP) is 4.47. The van der Waals surface area contributed by atoms with Crippen LogP contribution in [0.2, 0.25) is 0 Å². The Hall–Kier alpha value is -2.70. The molecule has 2 aliphatic heterocycles. The SMILES string of the molecule is C/C(=N/Nc1nc(N2CCCCCC2)nc(N2CCCCCC2)n1)c1ccccc1. The number of nitrogens with one attached hydrogen (secondary N) is 1. The average Bonchev–Trinajstić information content (AvgIpc) is 3.23. The molecule has 30 heavy (non-hydrogen) atoms. The Morgan fingerprint density at radius 2 is 1.23 bits per heavy atom. The van der Waals surface area contributed by atoms with E-state index in [9.17, 15) is 0 Å². The van der Waals surface area contributed by atoms with Crippen molar-refractivity contribution in [3.63, 3.8) is 0 Å². The summed E-state index contributed by atoms with van der Waals surface area (Å²) in [6, 6.07) is 10.2. The first-order valence-electron chi connectivity index (χ1n) is 11.4. The molecule has 2 saturated heterocycles. The number of hydrogen-bond acceptors (Lipinski definition) is 7. The number of hydrazone groups is 1. The van der Waals surface area contributed by atoms with Gasteiger partial charge in [-0.3, -0.25) is 0 Å². The lowest BCUT2D eigenvalue weighted by atomic mass is 10.1. The molecule has 1 N–H and O–H groups in total. The highest BCUT2D eigenvalue weighted by atomic mass is 15.4. The average molecular weight is 408 g/mol. The molecule has 4 rings (SSSR count). The molecular formula is C23H33N7. The molecule has 0 unspecified atom stereocenters. The van der Waals surface area contributed by atoms with Crippen molar-refractivity contribution in [2.75, 3.05) is 41.4 Å². The van der Waals surface area contributed by atoms with Gasteiger partial charge < -0.3 is 9.80 Å². The second-order valence-corrected chi connectivity index (χ2v) is 8.24. The topological polar surface area (TPSA) is 69.5 Å². The minimum absolute atomic E-state index is 0.527. The Bertz CT molecular complexity index is 782. The molecule has 7 nitrogen and oxygen atoms in total. The minimum Gasteiger partial charge on any atom is -0.341 e. The van der Waals surface area contributed by atoms with E-state index >= 15 is 0 Å². The maximum Gasteiger partial charge on any atom is 0.250 e. The van der Waals surface area contributed by atoms with Crippen LogP contribution in [0.4, 0.5) is 17.8 Å². The normalized spacial score (nSPS) is 18.6. The molecule has 1 aromatic heterocycles. The summed E-state index contributed by atoms with van der Waals surface area (Å²) >= 11 is 0. The zero-order chi connectivity index (χ0) is 20.6. The van der Waals surface area contributed by atoms with E-state index in [1.165, 1.54) is 51.4 Å². The third-order valence-corrected chi connectivity index (χ3v) is 5.90. The van der Waals surface area contributed by atoms with E-state index in [1.54, 1.807) is 0 Å². The first-order chi connectivity index (χ1) is 14.8. The molecule has 0 radical (unpaired) electrons. The highest BCUT2D eigenvalue weighted by Crippen LogP contribution is 2.22. The molecule has 0 bridgehead atoms. The molecule has 2 aromatic rings. The fourth-order valence-corrected chi connectivity index (χ4v) is 4.11. The van der Waals surface area contributed by atoms with Gasteiger partial charge in [0.15, 0.2) is 0 Å². The molecule has 0 atom stereocenters. The van der Waals surface area contributed by atoms with Gasteiger partial charge in [0.2, 0.25) is 17.8 Å². The maximum atomic E-state index is 4.89. The first kappa shape index (κ1) is 20.6. The van der Waals surface area contributed by atoms with Gasteiger partial charge in [0, 0.05) is 26.2 Å². The van der Waals surface area contributed by atoms with Crippen molar-refractivity contribution in [1.82, 2.24) is 15.0 Å². The summed E-state index contributed by atoms with van der Waals surface area (Å²) in [5.74, 6) is 2.08. The molecule has 160 valence electrons. The Morgan fingerprint density at radius 1 is 0.733 bits per heavy atom. The maximum absolute atomic E-state index is 4.89. The number of anilines is 3. The second-order valence-electron chi connectivity index (χ2n) is 8.24. The van der Waals surface area contributed by atoms with E-state index in [-0.39, 0.29) is 0 Å². The van der Waals surface area contributed by atoms with Crippen LogP contribution >= 0.6 is 0 Å². The summed E-state index contributed by atoms with van der Waals surface area (Å²) in [4.78, 5) is 19.0. The van der Waals surface area contributed by atoms with Crippen LogP contribution in [-0.2, 0) is 0 Å². The number of hydrogen-bond donors (Lipinski definition) is 1. The van der Waals surface area contributed by atoms with E-state index in [0.29, 0.717) is 5.95 Å². The lowest BCUT2D eigenvalue weighted by Gasteiger charge is -2.24. The molecular weight excluding hydrogens is 374 g/mol. The smallest absolute Gasteiger partial charge is 0.250 e. The Labute approximate surface area is 179 Å². The lowest BCUT2D eigenvalue weighted by Crippen LogP contribution is -2.30. The van der Waals surface area contributed by atoms with Gasteiger partial charge in [-0.25, -0.2) is 5.43 Å². The van der Waals surface area contributed by atoms with Gasteiger partial charge in [0.05, 0.1) is 5.71 Å². The predicted molar refractivity (Wildman–Crippen MR) is 123 cm³/mol. The first-order valence-corrected chi connectivity index (χ1v) is 11.4. The standard InChI is InChI=1S/C23H33N7/c1-19(20-13-7-6-8-14-20)27-28-21-24-22(29-15-9-2-3-10-16-29)26-23(25-21)30-17-11-4-5-12-18-30/h6-8,13-14H,2-5,9-12,15-18H2,1H3,(H,24,25,26,28)/b27-19-. The van der Waals surface area contributed by atoms with Gasteiger partial charge in [-0.2, -0.15) is 20.1 Å². The summed E-state index contributed by atoms with van der Waals surface area (Å²) < 4.78 is 0. The van der Waals surface area contributed by atoms with E-state index in [4.69, 9.17) is 15.0 Å². The number of rotatable bonds is 5. The van der Waals surface area contributed by atoms with Gasteiger partial charge in [-0.1, -0.05) is 56.0 Å². The van der Waals surface area contributed by atoms with Crippen LogP contribution in [0.3, 0.4) is 0 Å². The van der Waals surface area contributed by atoms with E-state index in [0.717, 1.165) is 49.4 Å². The number of aromatic nitrogens is 3. The summed E-state index contributed by atoms with van der Waals surface area (Å²) in [6.07, 6.45) is 9.91. The van der Waals surface area contributed by atoms with Crippen LogP contribution in [0, 0.1) is 0 Å². The van der Waals surface area contributed by atoms with Crippen molar-refractivity contribution in [1.29, 1.82) is 0 Å². The van der Waals surface area contributed by atoms with Crippen LogP contribution in [0.5, 0.6) is 0 Å². The van der Waals surface area contributed by atoms with Crippen molar-refractivity contribution in [3.05, 3.63) is 35.9 Å². The Balaban J connectivity index is 1.60. The van der Waals surface area contributed by atoms with Gasteiger partial charge in [0.1, 0.15) is 0 Å². The van der Waals surface area contributed by atoms with Crippen LogP contribution in [-0.4, -0.2) is 46.8 Å². The second kappa shape index (κ2) is 10.4. The largest absolute Gasteiger partial charge is 0.341 e. The quantitative estimate of drug-likeness (QED) is 0.583. The Kier molecular flexibility index (Phi) is 7.11. The van der Waals surface area contributed by atoms with Crippen molar-refractivity contribution in [2.45, 2.75) is 58.3 Å². The molecule has 3 heterocycles. The molecule has 7 heteroatoms. The number of benzene rings is 1. The van der Waals surface area contributed by atoms with Gasteiger partial charge in [0.25, 0.3) is 0 Å². The highest BCUT2D eigenvalue weighted by Gasteiger charge is 2.19. The van der Waals surface area contributed by atoms with Gasteiger partial charge in [-0.05, 0) is 38.2 Å². The third kappa shape index (κ3) is 5.46. The van der Waals surface area contributed by atoms with Crippen LogP contribution in [0.15, 0.2) is 35.4 Å². The summed E-state index contributed by atoms with van der Waals surface area (Å²) in [5.41, 5.74) is 5.09. The lowest BCUT2D eigenvalue weighted by molar-refractivity contribution is 0.726. The Morgan fingerprint density at radius 3 is 1.73 bits per heavy atom. The molecule has 2 fully saturated rings. The molecule has 0 amide bonds. The minimum atomic E-state index is 0.527. The van der Waals surface area contributed by atoms with Crippen molar-refractivity contribution in [2.24, 2.45) is 5.10 Å². The molecule has 2 aliphatic rings. The molecule has 1 aromatic carbocycles. The zero-order valence-corrected chi connectivity index (χ0v) is 18.1. The third-order valence-electron chi connectivity index (χ3n) is 5.90. The fraction of sp³-hybridized carbons (Fsp3) is 0.565. The number of nitrogens with zero attached hydrogens (tertiary/aromatic N) is 6. The van der Waals surface area contributed by atoms with Crippen LogP contribution < -0.4 is 15.2 Å². The summed E-state index contributed by atoms with van der Waals surface area (Å²) in [6.45, 7) is 6.03. The monoisotopic (exact) mass is 407 g/mol. The van der Waals surface area contributed by atoms with E-state index in [1.807, 2.05) is 25.1 Å². The van der Waals surface area contributed by atoms with E-state index in [2.05, 4.69) is 32.5 Å². The molecule has 0 saturated carbocycles. The fourth-order valence-electron chi connectivity index (χ4n) is 4.11. The van der Waals surface area contributed by atoms with Crippen LogP contribution in [0.1, 0.15) is 63.9 Å². The summed E-state index contributed by atoms with van der Waals surface area (Å²) in [5, 5.41) is 4.55. The van der Waals surface area contributed by atoms with Crippen molar-refractivity contribution in [3.8, 4) is 0 Å². The van der Waals surface area contributed by atoms with Crippen molar-refractivity contribution >= 4 is 23.6 Å². The highest BCUT2D eigenvalue weighted by molar-refractivity contribution is 5.98. The molecule has 0 aliphatic carbocycles. The van der Waals surface area contributed by atoms with Crippen molar-refractivity contribution < 1.29 is 0 Å².